The summed E-state index contributed by atoms with van der Waals surface area (Å²) < 4.78 is 16.8. The van der Waals surface area contributed by atoms with E-state index in [0.717, 1.165) is 16.3 Å². The summed E-state index contributed by atoms with van der Waals surface area (Å²) in [4.78, 5) is 40.3. The van der Waals surface area contributed by atoms with E-state index in [1.807, 2.05) is 13.0 Å². The van der Waals surface area contributed by atoms with Crippen LogP contribution in [0.1, 0.15) is 21.5 Å². The summed E-state index contributed by atoms with van der Waals surface area (Å²) in [7, 11) is 1.48. The zero-order valence-electron chi connectivity index (χ0n) is 16.4. The number of H-pyrrole nitrogens is 1. The molecule has 2 aromatic carbocycles. The van der Waals surface area contributed by atoms with Crippen LogP contribution in [0.4, 0.5) is 5.69 Å². The van der Waals surface area contributed by atoms with Crippen LogP contribution in [0.25, 0.3) is 0 Å². The molecule has 0 aliphatic carbocycles. The van der Waals surface area contributed by atoms with Crippen molar-refractivity contribution in [3.8, 4) is 17.2 Å². The van der Waals surface area contributed by atoms with Gasteiger partial charge in [0.1, 0.15) is 11.3 Å². The second-order valence-corrected chi connectivity index (χ2v) is 6.74. The molecule has 0 atom stereocenters. The highest BCUT2D eigenvalue weighted by Gasteiger charge is 2.18. The smallest absolute Gasteiger partial charge is 0.328 e. The molecule has 9 nitrogen and oxygen atoms in total. The maximum absolute atomic E-state index is 12.9. The van der Waals surface area contributed by atoms with Gasteiger partial charge >= 0.3 is 5.69 Å². The first-order chi connectivity index (χ1) is 14.5. The number of rotatable bonds is 5. The minimum atomic E-state index is -0.708. The van der Waals surface area contributed by atoms with Crippen LogP contribution < -0.4 is 30.8 Å². The first-order valence-electron chi connectivity index (χ1n) is 9.13. The Hall–Kier alpha value is -4.01. The van der Waals surface area contributed by atoms with Crippen molar-refractivity contribution in [3.63, 3.8) is 0 Å². The van der Waals surface area contributed by atoms with Gasteiger partial charge in [0.05, 0.1) is 19.3 Å². The van der Waals surface area contributed by atoms with E-state index < -0.39 is 17.2 Å². The average Bonchev–Trinajstić information content (AvgIpc) is 3.19. The van der Waals surface area contributed by atoms with Gasteiger partial charge in [-0.25, -0.2) is 4.79 Å². The minimum Gasteiger partial charge on any atom is -0.495 e. The Morgan fingerprint density at radius 1 is 1.17 bits per heavy atom. The van der Waals surface area contributed by atoms with E-state index in [0.29, 0.717) is 28.5 Å². The number of aromatic nitrogens is 2. The van der Waals surface area contributed by atoms with Crippen molar-refractivity contribution in [1.82, 2.24) is 9.55 Å². The highest BCUT2D eigenvalue weighted by Crippen LogP contribution is 2.32. The zero-order chi connectivity index (χ0) is 21.3. The van der Waals surface area contributed by atoms with Crippen molar-refractivity contribution in [2.24, 2.45) is 0 Å². The van der Waals surface area contributed by atoms with E-state index >= 15 is 0 Å². The fourth-order valence-corrected chi connectivity index (χ4v) is 3.15. The van der Waals surface area contributed by atoms with Crippen LogP contribution in [0.15, 0.2) is 52.2 Å². The number of carbonyl (C=O) groups excluding carboxylic acids is 1. The van der Waals surface area contributed by atoms with Crippen molar-refractivity contribution in [3.05, 3.63) is 80.1 Å². The largest absolute Gasteiger partial charge is 0.495 e. The predicted octanol–water partition coefficient (Wildman–Crippen LogP) is 1.88. The molecule has 1 aliphatic rings. The first-order valence-corrected chi connectivity index (χ1v) is 9.13. The van der Waals surface area contributed by atoms with Crippen molar-refractivity contribution < 1.29 is 19.0 Å². The number of benzene rings is 2. The van der Waals surface area contributed by atoms with Gasteiger partial charge in [-0.2, -0.15) is 0 Å². The SMILES string of the molecule is COc1ccc(C)cc1NC(=O)c1c[nH]c(=O)n(Cc2ccc3c(c2)OCO3)c1=O. The fraction of sp³-hybridized carbons (Fsp3) is 0.190. The van der Waals surface area contributed by atoms with Gasteiger partial charge in [0.2, 0.25) is 6.79 Å². The number of fused-ring (bicyclic) bond motifs is 1. The van der Waals surface area contributed by atoms with Gasteiger partial charge in [-0.3, -0.25) is 14.2 Å². The molecule has 2 N–H and O–H groups in total. The highest BCUT2D eigenvalue weighted by molar-refractivity contribution is 6.04. The number of aryl methyl sites for hydroxylation is 1. The predicted molar refractivity (Wildman–Crippen MR) is 109 cm³/mol. The van der Waals surface area contributed by atoms with E-state index in [1.165, 1.54) is 7.11 Å². The van der Waals surface area contributed by atoms with Gasteiger partial charge in [-0.05, 0) is 42.3 Å². The van der Waals surface area contributed by atoms with Gasteiger partial charge in [-0.1, -0.05) is 12.1 Å². The fourth-order valence-electron chi connectivity index (χ4n) is 3.15. The Balaban J connectivity index is 1.64. The second kappa shape index (κ2) is 7.78. The number of hydrogen-bond acceptors (Lipinski definition) is 6. The lowest BCUT2D eigenvalue weighted by molar-refractivity contribution is 0.102. The maximum atomic E-state index is 12.9. The summed E-state index contributed by atoms with van der Waals surface area (Å²) in [5.41, 5.74) is 0.467. The molecule has 1 aliphatic heterocycles. The Morgan fingerprint density at radius 3 is 2.77 bits per heavy atom. The molecule has 4 rings (SSSR count). The van der Waals surface area contributed by atoms with E-state index in [9.17, 15) is 14.4 Å². The van der Waals surface area contributed by atoms with Gasteiger partial charge in [0.25, 0.3) is 11.5 Å². The molecule has 0 unspecified atom stereocenters. The normalized spacial score (nSPS) is 11.9. The zero-order valence-corrected chi connectivity index (χ0v) is 16.4. The Labute approximate surface area is 170 Å². The number of ether oxygens (including phenoxy) is 3. The standard InChI is InChI=1S/C21H19N3O6/c1-12-3-5-16(28-2)15(7-12)23-19(25)14-9-22-21(27)24(20(14)26)10-13-4-6-17-18(8-13)30-11-29-17/h3-9H,10-11H2,1-2H3,(H,22,27)(H,23,25). The van der Waals surface area contributed by atoms with Crippen LogP contribution in [0.3, 0.4) is 0 Å². The third-order valence-electron chi connectivity index (χ3n) is 4.69. The highest BCUT2D eigenvalue weighted by atomic mass is 16.7. The number of hydrogen-bond donors (Lipinski definition) is 2. The summed E-state index contributed by atoms with van der Waals surface area (Å²) in [6.07, 6.45) is 1.11. The van der Waals surface area contributed by atoms with Gasteiger partial charge in [0, 0.05) is 6.20 Å². The number of aromatic amines is 1. The second-order valence-electron chi connectivity index (χ2n) is 6.74. The van der Waals surface area contributed by atoms with Crippen LogP contribution in [0, 0.1) is 6.92 Å². The van der Waals surface area contributed by atoms with Crippen LogP contribution in [-0.4, -0.2) is 29.4 Å². The van der Waals surface area contributed by atoms with E-state index in [1.54, 1.807) is 30.3 Å². The first kappa shape index (κ1) is 19.3. The summed E-state index contributed by atoms with van der Waals surface area (Å²) in [5, 5.41) is 2.67. The molecule has 9 heteroatoms. The molecule has 3 aromatic rings. The monoisotopic (exact) mass is 409 g/mol. The third-order valence-corrected chi connectivity index (χ3v) is 4.69. The third kappa shape index (κ3) is 3.64. The number of nitrogens with zero attached hydrogens (tertiary/aromatic N) is 1. The molecule has 154 valence electrons. The minimum absolute atomic E-state index is 0.0281. The van der Waals surface area contributed by atoms with Crippen LogP contribution in [0.5, 0.6) is 17.2 Å². The number of amides is 1. The molecule has 30 heavy (non-hydrogen) atoms. The molecule has 0 bridgehead atoms. The average molecular weight is 409 g/mol. The van der Waals surface area contributed by atoms with Crippen molar-refractivity contribution in [1.29, 1.82) is 0 Å². The Kier molecular flexibility index (Phi) is 5.01. The van der Waals surface area contributed by atoms with Crippen molar-refractivity contribution in [2.45, 2.75) is 13.5 Å². The Morgan fingerprint density at radius 2 is 1.97 bits per heavy atom. The molecule has 1 amide bonds. The summed E-state index contributed by atoms with van der Waals surface area (Å²) in [6.45, 7) is 1.96. The quantitative estimate of drug-likeness (QED) is 0.666. The molecule has 0 radical (unpaired) electrons. The molecule has 0 saturated carbocycles. The lowest BCUT2D eigenvalue weighted by atomic mass is 10.2. The summed E-state index contributed by atoms with van der Waals surface area (Å²) in [6, 6.07) is 10.4. The number of methoxy groups -OCH3 is 1. The summed E-state index contributed by atoms with van der Waals surface area (Å²) in [5.74, 6) is 0.941. The lowest BCUT2D eigenvalue weighted by Crippen LogP contribution is -2.39. The molecule has 0 fully saturated rings. The molecule has 1 aromatic heterocycles. The van der Waals surface area contributed by atoms with E-state index in [4.69, 9.17) is 14.2 Å². The van der Waals surface area contributed by atoms with Gasteiger partial charge in [0.15, 0.2) is 11.5 Å². The van der Waals surface area contributed by atoms with Crippen LogP contribution in [0.2, 0.25) is 0 Å². The van der Waals surface area contributed by atoms with Crippen molar-refractivity contribution >= 4 is 11.6 Å². The number of carbonyl (C=O) groups is 1. The van der Waals surface area contributed by atoms with E-state index in [2.05, 4.69) is 10.3 Å². The maximum Gasteiger partial charge on any atom is 0.328 e. The van der Waals surface area contributed by atoms with Gasteiger partial charge in [-0.15, -0.1) is 0 Å². The van der Waals surface area contributed by atoms with Crippen LogP contribution in [-0.2, 0) is 6.54 Å². The molecule has 0 saturated heterocycles. The number of anilines is 1. The van der Waals surface area contributed by atoms with Gasteiger partial charge < -0.3 is 24.5 Å². The topological polar surface area (TPSA) is 112 Å². The molecular weight excluding hydrogens is 390 g/mol. The molecule has 2 heterocycles. The molecular formula is C21H19N3O6. The molecule has 0 spiro atoms. The Bertz CT molecular complexity index is 1240. The van der Waals surface area contributed by atoms with Crippen LogP contribution >= 0.6 is 0 Å². The van der Waals surface area contributed by atoms with E-state index in [-0.39, 0.29) is 18.9 Å². The van der Waals surface area contributed by atoms with Crippen molar-refractivity contribution in [2.75, 3.05) is 19.2 Å². The lowest BCUT2D eigenvalue weighted by Gasteiger charge is -2.12. The number of nitrogens with one attached hydrogen (secondary N) is 2. The summed E-state index contributed by atoms with van der Waals surface area (Å²) >= 11 is 0.